The van der Waals surface area contributed by atoms with Crippen molar-refractivity contribution in [3.8, 4) is 0 Å². The summed E-state index contributed by atoms with van der Waals surface area (Å²) in [6, 6.07) is 0. The summed E-state index contributed by atoms with van der Waals surface area (Å²) in [5.41, 5.74) is 0. The van der Waals surface area contributed by atoms with E-state index in [2.05, 4.69) is 13.8 Å². The Morgan fingerprint density at radius 2 is 0.826 bits per heavy atom. The fourth-order valence-corrected chi connectivity index (χ4v) is 3.59. The van der Waals surface area contributed by atoms with Gasteiger partial charge in [0.25, 0.3) is 0 Å². The first-order valence-electron chi connectivity index (χ1n) is 11.0. The highest BCUT2D eigenvalue weighted by molar-refractivity contribution is 4.61. The number of aliphatic hydroxyl groups is 1. The number of hydrogen-bond donors (Lipinski definition) is 1. The van der Waals surface area contributed by atoms with Gasteiger partial charge in [0.2, 0.25) is 0 Å². The molecule has 0 spiro atoms. The van der Waals surface area contributed by atoms with Crippen LogP contribution in [0.5, 0.6) is 0 Å². The van der Waals surface area contributed by atoms with Gasteiger partial charge in [-0.15, -0.1) is 0 Å². The lowest BCUT2D eigenvalue weighted by atomic mass is 9.90. The molecule has 0 amide bonds. The SMILES string of the molecule is CCCCCCCCCCCCC(CCCO)CCCCCC. The average Bonchev–Trinajstić information content (AvgIpc) is 2.57. The molecule has 0 aromatic rings. The molecule has 0 aromatic heterocycles. The van der Waals surface area contributed by atoms with Crippen molar-refractivity contribution < 1.29 is 5.11 Å². The van der Waals surface area contributed by atoms with E-state index in [0.717, 1.165) is 12.3 Å². The highest BCUT2D eigenvalue weighted by Gasteiger charge is 2.08. The topological polar surface area (TPSA) is 20.2 Å². The van der Waals surface area contributed by atoms with Crippen molar-refractivity contribution in [2.75, 3.05) is 6.61 Å². The van der Waals surface area contributed by atoms with Crippen LogP contribution in [0, 0.1) is 5.92 Å². The van der Waals surface area contributed by atoms with Gasteiger partial charge in [-0.1, -0.05) is 117 Å². The first kappa shape index (κ1) is 23.0. The van der Waals surface area contributed by atoms with E-state index >= 15 is 0 Å². The van der Waals surface area contributed by atoms with Crippen molar-refractivity contribution in [3.63, 3.8) is 0 Å². The van der Waals surface area contributed by atoms with Crippen LogP contribution in [0.1, 0.15) is 129 Å². The van der Waals surface area contributed by atoms with Crippen molar-refractivity contribution >= 4 is 0 Å². The van der Waals surface area contributed by atoms with Crippen LogP contribution < -0.4 is 0 Å². The molecule has 0 aliphatic rings. The first-order chi connectivity index (χ1) is 11.3. The first-order valence-corrected chi connectivity index (χ1v) is 11.0. The van der Waals surface area contributed by atoms with E-state index in [9.17, 15) is 0 Å². The summed E-state index contributed by atoms with van der Waals surface area (Å²) in [7, 11) is 0. The third-order valence-electron chi connectivity index (χ3n) is 5.20. The summed E-state index contributed by atoms with van der Waals surface area (Å²) in [6.07, 6.45) is 24.9. The summed E-state index contributed by atoms with van der Waals surface area (Å²) in [4.78, 5) is 0. The monoisotopic (exact) mass is 326 g/mol. The van der Waals surface area contributed by atoms with Crippen LogP contribution in [0.25, 0.3) is 0 Å². The standard InChI is InChI=1S/C22H46O/c1-3-5-7-9-10-11-12-13-14-16-19-22(20-17-21-23)18-15-8-6-4-2/h22-23H,3-21H2,1-2H3. The van der Waals surface area contributed by atoms with Gasteiger partial charge in [-0.25, -0.2) is 0 Å². The Balaban J connectivity index is 3.46. The molecule has 1 heteroatoms. The summed E-state index contributed by atoms with van der Waals surface area (Å²) in [5.74, 6) is 0.882. The van der Waals surface area contributed by atoms with E-state index < -0.39 is 0 Å². The fourth-order valence-electron chi connectivity index (χ4n) is 3.59. The number of rotatable bonds is 19. The van der Waals surface area contributed by atoms with Gasteiger partial charge in [0.05, 0.1) is 0 Å². The molecule has 0 bridgehead atoms. The summed E-state index contributed by atoms with van der Waals surface area (Å²) in [6.45, 7) is 4.95. The summed E-state index contributed by atoms with van der Waals surface area (Å²) in [5, 5.41) is 9.07. The van der Waals surface area contributed by atoms with Crippen LogP contribution in [0.15, 0.2) is 0 Å². The lowest BCUT2D eigenvalue weighted by Gasteiger charge is -2.16. The zero-order chi connectivity index (χ0) is 17.0. The van der Waals surface area contributed by atoms with Gasteiger partial charge in [0, 0.05) is 6.61 Å². The highest BCUT2D eigenvalue weighted by atomic mass is 16.2. The van der Waals surface area contributed by atoms with E-state index in [-0.39, 0.29) is 0 Å². The van der Waals surface area contributed by atoms with Crippen LogP contribution >= 0.6 is 0 Å². The molecule has 0 saturated carbocycles. The summed E-state index contributed by atoms with van der Waals surface area (Å²) < 4.78 is 0. The Morgan fingerprint density at radius 1 is 0.478 bits per heavy atom. The number of aliphatic hydroxyl groups excluding tert-OH is 1. The Kier molecular flexibility index (Phi) is 20.0. The molecule has 140 valence electrons. The molecule has 0 aliphatic heterocycles. The zero-order valence-corrected chi connectivity index (χ0v) is 16.5. The molecule has 23 heavy (non-hydrogen) atoms. The van der Waals surface area contributed by atoms with Gasteiger partial charge < -0.3 is 5.11 Å². The van der Waals surface area contributed by atoms with Gasteiger partial charge in [0.1, 0.15) is 0 Å². The summed E-state index contributed by atoms with van der Waals surface area (Å²) >= 11 is 0. The zero-order valence-electron chi connectivity index (χ0n) is 16.5. The number of hydrogen-bond acceptors (Lipinski definition) is 1. The molecule has 0 aromatic carbocycles. The maximum absolute atomic E-state index is 9.07. The van der Waals surface area contributed by atoms with E-state index in [1.807, 2.05) is 0 Å². The largest absolute Gasteiger partial charge is 0.396 e. The molecule has 0 rings (SSSR count). The van der Waals surface area contributed by atoms with E-state index in [0.29, 0.717) is 6.61 Å². The molecule has 1 unspecified atom stereocenters. The third-order valence-corrected chi connectivity index (χ3v) is 5.20. The van der Waals surface area contributed by atoms with Crippen molar-refractivity contribution in [2.45, 2.75) is 129 Å². The molecule has 0 fully saturated rings. The molecule has 0 heterocycles. The van der Waals surface area contributed by atoms with Crippen LogP contribution in [0.3, 0.4) is 0 Å². The minimum absolute atomic E-state index is 0.378. The molecule has 0 aliphatic carbocycles. The van der Waals surface area contributed by atoms with Crippen molar-refractivity contribution in [3.05, 3.63) is 0 Å². The van der Waals surface area contributed by atoms with Gasteiger partial charge in [-0.2, -0.15) is 0 Å². The quantitative estimate of drug-likeness (QED) is 0.242. The van der Waals surface area contributed by atoms with Crippen LogP contribution in [-0.2, 0) is 0 Å². The van der Waals surface area contributed by atoms with E-state index in [1.54, 1.807) is 0 Å². The second-order valence-corrected chi connectivity index (χ2v) is 7.55. The molecular weight excluding hydrogens is 280 g/mol. The van der Waals surface area contributed by atoms with Crippen molar-refractivity contribution in [1.82, 2.24) is 0 Å². The van der Waals surface area contributed by atoms with Gasteiger partial charge in [-0.3, -0.25) is 0 Å². The predicted molar refractivity (Wildman–Crippen MR) is 105 cm³/mol. The smallest absolute Gasteiger partial charge is 0.0431 e. The average molecular weight is 327 g/mol. The predicted octanol–water partition coefficient (Wildman–Crippen LogP) is 7.66. The number of unbranched alkanes of at least 4 members (excludes halogenated alkanes) is 12. The highest BCUT2D eigenvalue weighted by Crippen LogP contribution is 2.23. The molecule has 1 N–H and O–H groups in total. The van der Waals surface area contributed by atoms with Crippen molar-refractivity contribution in [2.24, 2.45) is 5.92 Å². The molecule has 1 nitrogen and oxygen atoms in total. The van der Waals surface area contributed by atoms with Crippen LogP contribution in [0.2, 0.25) is 0 Å². The third kappa shape index (κ3) is 18.1. The maximum Gasteiger partial charge on any atom is 0.0431 e. The van der Waals surface area contributed by atoms with E-state index in [4.69, 9.17) is 5.11 Å². The van der Waals surface area contributed by atoms with Crippen LogP contribution in [-0.4, -0.2) is 11.7 Å². The lowest BCUT2D eigenvalue weighted by molar-refractivity contribution is 0.261. The lowest BCUT2D eigenvalue weighted by Crippen LogP contribution is -2.02. The van der Waals surface area contributed by atoms with Gasteiger partial charge in [-0.05, 0) is 18.8 Å². The Labute approximate surface area is 147 Å². The van der Waals surface area contributed by atoms with Crippen LogP contribution in [0.4, 0.5) is 0 Å². The fraction of sp³-hybridized carbons (Fsp3) is 1.00. The minimum atomic E-state index is 0.378. The molecule has 0 radical (unpaired) electrons. The van der Waals surface area contributed by atoms with Gasteiger partial charge in [0.15, 0.2) is 0 Å². The van der Waals surface area contributed by atoms with Crippen molar-refractivity contribution in [1.29, 1.82) is 0 Å². The van der Waals surface area contributed by atoms with Gasteiger partial charge >= 0.3 is 0 Å². The Bertz CT molecular complexity index is 202. The Hall–Kier alpha value is -0.0400. The molecular formula is C22H46O. The molecule has 1 atom stereocenters. The second kappa shape index (κ2) is 20.0. The minimum Gasteiger partial charge on any atom is -0.396 e. The molecule has 0 saturated heterocycles. The Morgan fingerprint density at radius 3 is 1.26 bits per heavy atom. The van der Waals surface area contributed by atoms with E-state index in [1.165, 1.54) is 109 Å². The maximum atomic E-state index is 9.07. The normalized spacial score (nSPS) is 12.7. The second-order valence-electron chi connectivity index (χ2n) is 7.55.